The molecule has 4 heteroatoms. The highest BCUT2D eigenvalue weighted by molar-refractivity contribution is 6.32. The molecule has 1 saturated heterocycles. The van der Waals surface area contributed by atoms with Crippen LogP contribution in [0.4, 0.5) is 5.69 Å². The van der Waals surface area contributed by atoms with E-state index in [2.05, 4.69) is 25.2 Å². The molecule has 19 heavy (non-hydrogen) atoms. The summed E-state index contributed by atoms with van der Waals surface area (Å²) in [5.74, 6) is 0. The van der Waals surface area contributed by atoms with E-state index in [1.165, 1.54) is 0 Å². The van der Waals surface area contributed by atoms with Gasteiger partial charge >= 0.3 is 0 Å². The third kappa shape index (κ3) is 3.40. The summed E-state index contributed by atoms with van der Waals surface area (Å²) in [5, 5.41) is 12.8. The Labute approximate surface area is 119 Å². The molecule has 1 N–H and O–H groups in total. The maximum absolute atomic E-state index is 8.86. The van der Waals surface area contributed by atoms with Crippen LogP contribution < -0.4 is 5.32 Å². The van der Waals surface area contributed by atoms with Gasteiger partial charge in [-0.25, -0.2) is 0 Å². The number of rotatable bonds is 3. The van der Waals surface area contributed by atoms with Crippen LogP contribution in [0.3, 0.4) is 0 Å². The molecule has 0 aromatic heterocycles. The molecule has 0 amide bonds. The van der Waals surface area contributed by atoms with Crippen LogP contribution in [0, 0.1) is 11.3 Å². The minimum absolute atomic E-state index is 0.0354. The molecular formula is C15H19ClN2O. The van der Waals surface area contributed by atoms with E-state index in [0.29, 0.717) is 16.6 Å². The van der Waals surface area contributed by atoms with Crippen LogP contribution >= 0.6 is 11.6 Å². The van der Waals surface area contributed by atoms with E-state index in [9.17, 15) is 0 Å². The lowest BCUT2D eigenvalue weighted by atomic mass is 9.90. The summed E-state index contributed by atoms with van der Waals surface area (Å²) in [6.07, 6.45) is 2.99. The molecule has 0 saturated carbocycles. The summed E-state index contributed by atoms with van der Waals surface area (Å²) < 4.78 is 5.83. The molecule has 1 aromatic rings. The first-order valence-electron chi connectivity index (χ1n) is 6.66. The minimum atomic E-state index is -0.0354. The SMILES string of the molecule is CCC1(C)CC(Nc2ccc(C#N)c(Cl)c2)CCO1. The van der Waals surface area contributed by atoms with Gasteiger partial charge in [0.15, 0.2) is 0 Å². The molecule has 1 aliphatic rings. The zero-order valence-corrected chi connectivity index (χ0v) is 12.1. The second-order valence-electron chi connectivity index (χ2n) is 5.29. The molecule has 0 radical (unpaired) electrons. The molecule has 2 atom stereocenters. The Kier molecular flexibility index (Phi) is 4.34. The van der Waals surface area contributed by atoms with Crippen LogP contribution in [-0.2, 0) is 4.74 Å². The first-order valence-corrected chi connectivity index (χ1v) is 7.04. The molecule has 3 nitrogen and oxygen atoms in total. The summed E-state index contributed by atoms with van der Waals surface area (Å²) in [6, 6.07) is 7.94. The number of hydrogen-bond donors (Lipinski definition) is 1. The lowest BCUT2D eigenvalue weighted by molar-refractivity contribution is -0.0708. The van der Waals surface area contributed by atoms with Gasteiger partial charge in [-0.1, -0.05) is 18.5 Å². The summed E-state index contributed by atoms with van der Waals surface area (Å²) in [6.45, 7) is 5.10. The van der Waals surface area contributed by atoms with E-state index in [4.69, 9.17) is 21.6 Å². The van der Waals surface area contributed by atoms with Gasteiger partial charge in [-0.15, -0.1) is 0 Å². The van der Waals surface area contributed by atoms with E-state index < -0.39 is 0 Å². The van der Waals surface area contributed by atoms with Crippen molar-refractivity contribution in [2.45, 2.75) is 44.8 Å². The Morgan fingerprint density at radius 3 is 3.00 bits per heavy atom. The zero-order valence-electron chi connectivity index (χ0n) is 11.4. The molecule has 0 bridgehead atoms. The van der Waals surface area contributed by atoms with Crippen molar-refractivity contribution in [3.8, 4) is 6.07 Å². The molecule has 1 fully saturated rings. The standard InChI is InChI=1S/C15H19ClN2O/c1-3-15(2)9-13(6-7-19-15)18-12-5-4-11(10-17)14(16)8-12/h4-5,8,13,18H,3,6-7,9H2,1-2H3. The number of anilines is 1. The fourth-order valence-electron chi connectivity index (χ4n) is 2.43. The topological polar surface area (TPSA) is 45.0 Å². The fraction of sp³-hybridized carbons (Fsp3) is 0.533. The zero-order chi connectivity index (χ0) is 13.9. The molecule has 102 valence electrons. The molecule has 0 spiro atoms. The molecule has 0 aliphatic carbocycles. The molecule has 1 aromatic carbocycles. The van der Waals surface area contributed by atoms with Gasteiger partial charge in [0.25, 0.3) is 0 Å². The second-order valence-corrected chi connectivity index (χ2v) is 5.70. The van der Waals surface area contributed by atoms with Gasteiger partial charge in [-0.2, -0.15) is 5.26 Å². The van der Waals surface area contributed by atoms with Crippen molar-refractivity contribution >= 4 is 17.3 Å². The summed E-state index contributed by atoms with van der Waals surface area (Å²) in [5.41, 5.74) is 1.44. The van der Waals surface area contributed by atoms with Crippen molar-refractivity contribution < 1.29 is 4.74 Å². The van der Waals surface area contributed by atoms with E-state index in [0.717, 1.165) is 31.6 Å². The van der Waals surface area contributed by atoms with Crippen LogP contribution in [0.2, 0.25) is 5.02 Å². The average molecular weight is 279 g/mol. The van der Waals surface area contributed by atoms with Crippen molar-refractivity contribution in [2.24, 2.45) is 0 Å². The molecule has 1 aliphatic heterocycles. The Morgan fingerprint density at radius 1 is 1.58 bits per heavy atom. The van der Waals surface area contributed by atoms with Gasteiger partial charge in [-0.3, -0.25) is 0 Å². The number of ether oxygens (including phenoxy) is 1. The number of nitrogens with zero attached hydrogens (tertiary/aromatic N) is 1. The summed E-state index contributed by atoms with van der Waals surface area (Å²) in [4.78, 5) is 0. The third-order valence-corrected chi connectivity index (χ3v) is 4.12. The predicted octanol–water partition coefficient (Wildman–Crippen LogP) is 3.97. The second kappa shape index (κ2) is 5.81. The number of benzene rings is 1. The van der Waals surface area contributed by atoms with E-state index in [-0.39, 0.29) is 5.60 Å². The highest BCUT2D eigenvalue weighted by atomic mass is 35.5. The summed E-state index contributed by atoms with van der Waals surface area (Å²) in [7, 11) is 0. The quantitative estimate of drug-likeness (QED) is 0.910. The monoisotopic (exact) mass is 278 g/mol. The molecular weight excluding hydrogens is 260 g/mol. The van der Waals surface area contributed by atoms with Crippen LogP contribution in [0.5, 0.6) is 0 Å². The fourth-order valence-corrected chi connectivity index (χ4v) is 2.65. The van der Waals surface area contributed by atoms with Gasteiger partial charge < -0.3 is 10.1 Å². The average Bonchev–Trinajstić information content (AvgIpc) is 2.39. The van der Waals surface area contributed by atoms with Crippen LogP contribution in [0.1, 0.15) is 38.7 Å². The van der Waals surface area contributed by atoms with Gasteiger partial charge in [0.1, 0.15) is 6.07 Å². The normalized spacial score (nSPS) is 26.7. The summed E-state index contributed by atoms with van der Waals surface area (Å²) >= 11 is 6.04. The van der Waals surface area contributed by atoms with Crippen molar-refractivity contribution in [3.63, 3.8) is 0 Å². The Balaban J connectivity index is 2.05. The van der Waals surface area contributed by atoms with Gasteiger partial charge in [0, 0.05) is 18.3 Å². The van der Waals surface area contributed by atoms with Crippen molar-refractivity contribution in [2.75, 3.05) is 11.9 Å². The van der Waals surface area contributed by atoms with E-state index >= 15 is 0 Å². The molecule has 1 heterocycles. The predicted molar refractivity (Wildman–Crippen MR) is 77.5 cm³/mol. The van der Waals surface area contributed by atoms with Crippen molar-refractivity contribution in [1.29, 1.82) is 5.26 Å². The third-order valence-electron chi connectivity index (χ3n) is 3.80. The highest BCUT2D eigenvalue weighted by Crippen LogP contribution is 2.30. The van der Waals surface area contributed by atoms with Gasteiger partial charge in [0.05, 0.1) is 16.2 Å². The highest BCUT2D eigenvalue weighted by Gasteiger charge is 2.31. The van der Waals surface area contributed by atoms with E-state index in [1.807, 2.05) is 12.1 Å². The Hall–Kier alpha value is -1.24. The lowest BCUT2D eigenvalue weighted by Crippen LogP contribution is -2.41. The Morgan fingerprint density at radius 2 is 2.37 bits per heavy atom. The molecule has 2 rings (SSSR count). The smallest absolute Gasteiger partial charge is 0.101 e. The van der Waals surface area contributed by atoms with Crippen LogP contribution in [-0.4, -0.2) is 18.2 Å². The lowest BCUT2D eigenvalue weighted by Gasteiger charge is -2.38. The van der Waals surface area contributed by atoms with Gasteiger partial charge in [0.2, 0.25) is 0 Å². The van der Waals surface area contributed by atoms with Gasteiger partial charge in [-0.05, 0) is 44.4 Å². The maximum Gasteiger partial charge on any atom is 0.101 e. The number of nitriles is 1. The number of nitrogens with one attached hydrogen (secondary N) is 1. The van der Waals surface area contributed by atoms with Crippen LogP contribution in [0.25, 0.3) is 0 Å². The van der Waals surface area contributed by atoms with Crippen molar-refractivity contribution in [3.05, 3.63) is 28.8 Å². The first kappa shape index (κ1) is 14.2. The maximum atomic E-state index is 8.86. The van der Waals surface area contributed by atoms with E-state index in [1.54, 1.807) is 6.07 Å². The molecule has 2 unspecified atom stereocenters. The number of hydrogen-bond acceptors (Lipinski definition) is 3. The van der Waals surface area contributed by atoms with Crippen LogP contribution in [0.15, 0.2) is 18.2 Å². The number of halogens is 1. The van der Waals surface area contributed by atoms with Crippen molar-refractivity contribution in [1.82, 2.24) is 0 Å². The first-order chi connectivity index (χ1) is 9.06. The Bertz CT molecular complexity index is 497. The largest absolute Gasteiger partial charge is 0.382 e. The minimum Gasteiger partial charge on any atom is -0.382 e.